The Morgan fingerprint density at radius 3 is 2.84 bits per heavy atom. The average Bonchev–Trinajstić information content (AvgIpc) is 3.16. The summed E-state index contributed by atoms with van der Waals surface area (Å²) < 4.78 is 7.46. The third-order valence-corrected chi connectivity index (χ3v) is 4.89. The molecule has 0 bridgehead atoms. The van der Waals surface area contributed by atoms with E-state index in [1.807, 2.05) is 74.2 Å². The molecule has 0 spiro atoms. The largest absolute Gasteiger partial charge is 0.475 e. The number of carbonyl (C=O) groups excluding carboxylic acids is 1. The maximum absolute atomic E-state index is 11.8. The van der Waals surface area contributed by atoms with Crippen LogP contribution in [0.1, 0.15) is 30.7 Å². The predicted octanol–water partition coefficient (Wildman–Crippen LogP) is 2.82. The summed E-state index contributed by atoms with van der Waals surface area (Å²) in [5.41, 5.74) is 4.62. The molecule has 162 valence electrons. The maximum atomic E-state index is 11.8. The summed E-state index contributed by atoms with van der Waals surface area (Å²) in [7, 11) is 1.90. The van der Waals surface area contributed by atoms with Crippen molar-refractivity contribution >= 4 is 23.1 Å². The average molecular weight is 422 g/mol. The van der Waals surface area contributed by atoms with Crippen LogP contribution in [0.2, 0.25) is 0 Å². The first kappa shape index (κ1) is 20.6. The van der Waals surface area contributed by atoms with Gasteiger partial charge in [0.2, 0.25) is 11.8 Å². The van der Waals surface area contributed by atoms with Crippen LogP contribution in [-0.2, 0) is 17.9 Å². The Hall–Kier alpha value is -3.62. The summed E-state index contributed by atoms with van der Waals surface area (Å²) in [5.74, 6) is 1.37. The van der Waals surface area contributed by atoms with E-state index in [1.165, 1.54) is 0 Å². The summed E-state index contributed by atoms with van der Waals surface area (Å²) in [6, 6.07) is 5.84. The zero-order chi connectivity index (χ0) is 22.0. The minimum absolute atomic E-state index is 0.0229. The smallest absolute Gasteiger partial charge is 0.243 e. The number of fused-ring (bicyclic) bond motifs is 1. The normalized spacial score (nSPS) is 13.2. The molecule has 0 aromatic carbocycles. The number of ether oxygens (including phenoxy) is 1. The van der Waals surface area contributed by atoms with E-state index in [1.54, 1.807) is 0 Å². The van der Waals surface area contributed by atoms with Crippen molar-refractivity contribution in [2.24, 2.45) is 0 Å². The molecule has 4 rings (SSSR count). The van der Waals surface area contributed by atoms with Gasteiger partial charge in [0.15, 0.2) is 0 Å². The lowest BCUT2D eigenvalue weighted by Crippen LogP contribution is -2.36. The molecule has 1 aliphatic rings. The van der Waals surface area contributed by atoms with Crippen LogP contribution in [0.25, 0.3) is 0 Å². The fourth-order valence-corrected chi connectivity index (χ4v) is 3.46. The first-order valence-corrected chi connectivity index (χ1v) is 10.3. The molecule has 2 N–H and O–H groups in total. The van der Waals surface area contributed by atoms with Crippen LogP contribution >= 0.6 is 0 Å². The number of rotatable bonds is 7. The van der Waals surface area contributed by atoms with Gasteiger partial charge in [-0.25, -0.2) is 9.97 Å². The van der Waals surface area contributed by atoms with Gasteiger partial charge in [-0.3, -0.25) is 9.48 Å². The highest BCUT2D eigenvalue weighted by Gasteiger charge is 2.22. The van der Waals surface area contributed by atoms with Crippen LogP contribution in [-0.4, -0.2) is 45.4 Å². The number of hydrogen-bond acceptors (Lipinski definition) is 7. The number of aryl methyl sites for hydroxylation is 1. The van der Waals surface area contributed by atoms with Crippen LogP contribution in [0.3, 0.4) is 0 Å². The lowest BCUT2D eigenvalue weighted by Gasteiger charge is -2.28. The van der Waals surface area contributed by atoms with Crippen molar-refractivity contribution in [3.63, 3.8) is 0 Å². The molecule has 0 aliphatic carbocycles. The first-order chi connectivity index (χ1) is 14.9. The Morgan fingerprint density at radius 1 is 1.26 bits per heavy atom. The van der Waals surface area contributed by atoms with E-state index in [9.17, 15) is 4.79 Å². The van der Waals surface area contributed by atoms with Crippen LogP contribution in [0, 0.1) is 6.92 Å². The van der Waals surface area contributed by atoms with Gasteiger partial charge in [0.1, 0.15) is 5.82 Å². The molecule has 9 nitrogen and oxygen atoms in total. The highest BCUT2D eigenvalue weighted by Crippen LogP contribution is 2.32. The highest BCUT2D eigenvalue weighted by atomic mass is 16.5. The lowest BCUT2D eigenvalue weighted by atomic mass is 10.2. The molecule has 1 amide bonds. The maximum Gasteiger partial charge on any atom is 0.243 e. The molecule has 0 unspecified atom stereocenters. The molecule has 0 fully saturated rings. The summed E-state index contributed by atoms with van der Waals surface area (Å²) >= 11 is 0. The third kappa shape index (κ3) is 4.93. The number of anilines is 3. The molecule has 9 heteroatoms. The quantitative estimate of drug-likeness (QED) is 0.605. The summed E-state index contributed by atoms with van der Waals surface area (Å²) in [4.78, 5) is 22.6. The van der Waals surface area contributed by atoms with E-state index in [0.717, 1.165) is 34.0 Å². The topological polar surface area (TPSA) is 97.2 Å². The minimum atomic E-state index is -0.0229. The van der Waals surface area contributed by atoms with E-state index in [-0.39, 0.29) is 12.0 Å². The van der Waals surface area contributed by atoms with Crippen molar-refractivity contribution in [2.75, 3.05) is 29.1 Å². The van der Waals surface area contributed by atoms with Gasteiger partial charge in [-0.15, -0.1) is 0 Å². The Kier molecular flexibility index (Phi) is 5.75. The van der Waals surface area contributed by atoms with Gasteiger partial charge in [0.25, 0.3) is 0 Å². The second-order valence-electron chi connectivity index (χ2n) is 7.96. The summed E-state index contributed by atoms with van der Waals surface area (Å²) in [6.45, 7) is 7.42. The highest BCUT2D eigenvalue weighted by molar-refractivity contribution is 6.02. The number of pyridine rings is 2. The number of amides is 1. The van der Waals surface area contributed by atoms with Gasteiger partial charge in [-0.05, 0) is 26.3 Å². The molecule has 0 saturated heterocycles. The molecule has 0 radical (unpaired) electrons. The van der Waals surface area contributed by atoms with Gasteiger partial charge in [0, 0.05) is 43.7 Å². The van der Waals surface area contributed by atoms with E-state index < -0.39 is 0 Å². The van der Waals surface area contributed by atoms with Gasteiger partial charge in [0.05, 0.1) is 42.5 Å². The lowest BCUT2D eigenvalue weighted by molar-refractivity contribution is -0.115. The number of nitrogens with zero attached hydrogens (tertiary/aromatic N) is 5. The van der Waals surface area contributed by atoms with Crippen molar-refractivity contribution in [2.45, 2.75) is 40.0 Å². The van der Waals surface area contributed by atoms with E-state index in [0.29, 0.717) is 25.5 Å². The Balaban J connectivity index is 1.38. The number of likely N-dealkylation sites (N-methyl/N-ethyl adjacent to an activating group) is 1. The third-order valence-electron chi connectivity index (χ3n) is 4.89. The number of carbonyl (C=O) groups is 1. The van der Waals surface area contributed by atoms with Gasteiger partial charge < -0.3 is 20.3 Å². The van der Waals surface area contributed by atoms with Crippen molar-refractivity contribution < 1.29 is 9.53 Å². The zero-order valence-electron chi connectivity index (χ0n) is 18.2. The zero-order valence-corrected chi connectivity index (χ0v) is 18.2. The van der Waals surface area contributed by atoms with E-state index >= 15 is 0 Å². The fourth-order valence-electron chi connectivity index (χ4n) is 3.46. The van der Waals surface area contributed by atoms with Gasteiger partial charge >= 0.3 is 0 Å². The molecule has 1 aliphatic heterocycles. The number of nitrogens with one attached hydrogen (secondary N) is 2. The molecule has 31 heavy (non-hydrogen) atoms. The van der Waals surface area contributed by atoms with Crippen molar-refractivity contribution in [3.05, 3.63) is 53.6 Å². The Morgan fingerprint density at radius 2 is 2.10 bits per heavy atom. The predicted molar refractivity (Wildman–Crippen MR) is 120 cm³/mol. The number of hydrogen-bond donors (Lipinski definition) is 2. The molecule has 0 atom stereocenters. The minimum Gasteiger partial charge on any atom is -0.475 e. The standard InChI is InChI=1S/C22H27N7O2/c1-14(2)31-21-6-5-16(8-24-21)11-29-12-17(10-25-29)9-23-19-7-18-22(15(3)26-19)27-20(30)13-28(18)4/h5-8,10,12,14H,9,11,13H2,1-4H3,(H,23,26)(H,27,30). The molecule has 3 aromatic heterocycles. The molecular formula is C22H27N7O2. The fraction of sp³-hybridized carbons (Fsp3) is 0.364. The van der Waals surface area contributed by atoms with Gasteiger partial charge in [-0.2, -0.15) is 5.10 Å². The Labute approximate surface area is 181 Å². The van der Waals surface area contributed by atoms with Gasteiger partial charge in [-0.1, -0.05) is 6.07 Å². The van der Waals surface area contributed by atoms with Crippen LogP contribution in [0.4, 0.5) is 17.2 Å². The summed E-state index contributed by atoms with van der Waals surface area (Å²) in [5, 5.41) is 10.7. The molecule has 4 heterocycles. The van der Waals surface area contributed by atoms with Crippen LogP contribution in [0.15, 0.2) is 36.8 Å². The van der Waals surface area contributed by atoms with Crippen molar-refractivity contribution in [3.8, 4) is 5.88 Å². The van der Waals surface area contributed by atoms with Crippen LogP contribution < -0.4 is 20.3 Å². The number of aromatic nitrogens is 4. The van der Waals surface area contributed by atoms with Crippen molar-refractivity contribution in [1.82, 2.24) is 19.7 Å². The van der Waals surface area contributed by atoms with Crippen molar-refractivity contribution in [1.29, 1.82) is 0 Å². The van der Waals surface area contributed by atoms with E-state index in [2.05, 4.69) is 25.7 Å². The van der Waals surface area contributed by atoms with E-state index in [4.69, 9.17) is 4.74 Å². The summed E-state index contributed by atoms with van der Waals surface area (Å²) in [6.07, 6.45) is 5.76. The second kappa shape index (κ2) is 8.63. The molecule has 0 saturated carbocycles. The molecule has 3 aromatic rings. The monoisotopic (exact) mass is 421 g/mol. The molecular weight excluding hydrogens is 394 g/mol. The SMILES string of the molecule is Cc1nc(NCc2cnn(Cc3ccc(OC(C)C)nc3)c2)cc2c1NC(=O)CN2C. The van der Waals surface area contributed by atoms with Crippen LogP contribution in [0.5, 0.6) is 5.88 Å². The Bertz CT molecular complexity index is 1080. The second-order valence-corrected chi connectivity index (χ2v) is 7.96. The first-order valence-electron chi connectivity index (χ1n) is 10.3.